The van der Waals surface area contributed by atoms with Gasteiger partial charge in [-0.25, -0.2) is 0 Å². The maximum absolute atomic E-state index is 6.89. The van der Waals surface area contributed by atoms with Crippen LogP contribution in [0.25, 0.3) is 0 Å². The van der Waals surface area contributed by atoms with Gasteiger partial charge in [-0.15, -0.1) is 0 Å². The summed E-state index contributed by atoms with van der Waals surface area (Å²) in [4.78, 5) is 0. The van der Waals surface area contributed by atoms with Gasteiger partial charge in [0.15, 0.2) is 12.1 Å². The molecule has 2 rings (SSSR count). The molecule has 2 aliphatic rings. The summed E-state index contributed by atoms with van der Waals surface area (Å²) in [5.74, 6) is 1.72. The number of rotatable bonds is 5. The van der Waals surface area contributed by atoms with E-state index in [-0.39, 0.29) is 29.3 Å². The summed E-state index contributed by atoms with van der Waals surface area (Å²) in [6.45, 7) is 27.7. The highest BCUT2D eigenvalue weighted by atomic mass is 16.8. The Morgan fingerprint density at radius 1 is 0.828 bits per heavy atom. The average Bonchev–Trinajstić information content (AvgIpc) is 2.88. The lowest BCUT2D eigenvalue weighted by atomic mass is 9.69. The molecule has 0 amide bonds. The second kappa shape index (κ2) is 8.79. The summed E-state index contributed by atoms with van der Waals surface area (Å²) in [6.07, 6.45) is 3.22. The van der Waals surface area contributed by atoms with Gasteiger partial charge in [-0.1, -0.05) is 83.1 Å². The predicted octanol–water partition coefficient (Wildman–Crippen LogP) is 7.29. The summed E-state index contributed by atoms with van der Waals surface area (Å²) in [5.41, 5.74) is 0.435. The van der Waals surface area contributed by atoms with E-state index in [1.165, 1.54) is 0 Å². The summed E-state index contributed by atoms with van der Waals surface area (Å²) >= 11 is 0. The highest BCUT2D eigenvalue weighted by Crippen LogP contribution is 2.53. The van der Waals surface area contributed by atoms with E-state index >= 15 is 0 Å². The van der Waals surface area contributed by atoms with Crippen LogP contribution >= 0.6 is 0 Å². The van der Waals surface area contributed by atoms with E-state index in [0.717, 1.165) is 19.3 Å². The molecule has 0 N–H and O–H groups in total. The molecule has 3 heteroatoms. The third-order valence-electron chi connectivity index (χ3n) is 7.99. The monoisotopic (exact) mass is 410 g/mol. The molecule has 0 aromatic rings. The van der Waals surface area contributed by atoms with Gasteiger partial charge >= 0.3 is 0 Å². The van der Waals surface area contributed by atoms with Crippen molar-refractivity contribution in [3.8, 4) is 0 Å². The lowest BCUT2D eigenvalue weighted by Crippen LogP contribution is -2.52. The van der Waals surface area contributed by atoms with Crippen molar-refractivity contribution in [1.82, 2.24) is 0 Å². The summed E-state index contributed by atoms with van der Waals surface area (Å²) in [5, 5.41) is 0. The summed E-state index contributed by atoms with van der Waals surface area (Å²) in [6, 6.07) is 0. The normalized spacial score (nSPS) is 44.3. The van der Waals surface area contributed by atoms with Gasteiger partial charge in [0.1, 0.15) is 0 Å². The minimum atomic E-state index is -0.551. The fourth-order valence-electron chi connectivity index (χ4n) is 5.96. The lowest BCUT2D eigenvalue weighted by molar-refractivity contribution is -0.355. The maximum atomic E-state index is 6.89. The largest absolute Gasteiger partial charge is 0.349 e. The van der Waals surface area contributed by atoms with Gasteiger partial charge in [-0.3, -0.25) is 0 Å². The first-order valence-electron chi connectivity index (χ1n) is 12.2. The molecule has 0 aromatic carbocycles. The zero-order valence-electron chi connectivity index (χ0n) is 21.5. The van der Waals surface area contributed by atoms with Crippen LogP contribution < -0.4 is 0 Å². The average molecular weight is 411 g/mol. The molecule has 0 aromatic heterocycles. The van der Waals surface area contributed by atoms with E-state index in [4.69, 9.17) is 14.2 Å². The molecular formula is C26H50O3. The minimum absolute atomic E-state index is 0.190. The van der Waals surface area contributed by atoms with E-state index in [2.05, 4.69) is 83.1 Å². The van der Waals surface area contributed by atoms with Gasteiger partial charge in [-0.2, -0.15) is 0 Å². The van der Waals surface area contributed by atoms with Crippen LogP contribution in [0.5, 0.6) is 0 Å². The van der Waals surface area contributed by atoms with Crippen LogP contribution in [0.2, 0.25) is 0 Å². The van der Waals surface area contributed by atoms with Crippen molar-refractivity contribution in [2.45, 2.75) is 127 Å². The zero-order valence-corrected chi connectivity index (χ0v) is 21.5. The molecule has 0 spiro atoms. The molecule has 0 radical (unpaired) electrons. The molecule has 0 bridgehead atoms. The van der Waals surface area contributed by atoms with Crippen molar-refractivity contribution in [3.05, 3.63) is 0 Å². The zero-order chi connectivity index (χ0) is 22.4. The van der Waals surface area contributed by atoms with E-state index in [0.29, 0.717) is 29.6 Å². The molecule has 2 aliphatic heterocycles. The molecule has 0 saturated carbocycles. The highest BCUT2D eigenvalue weighted by molar-refractivity contribution is 4.98. The molecule has 2 fully saturated rings. The van der Waals surface area contributed by atoms with E-state index in [1.54, 1.807) is 0 Å². The molecule has 2 heterocycles. The molecule has 9 atom stereocenters. The van der Waals surface area contributed by atoms with Crippen molar-refractivity contribution in [2.75, 3.05) is 0 Å². The van der Waals surface area contributed by atoms with Crippen molar-refractivity contribution in [1.29, 1.82) is 0 Å². The minimum Gasteiger partial charge on any atom is -0.349 e. The third kappa shape index (κ3) is 5.21. The molecule has 3 nitrogen and oxygen atoms in total. The van der Waals surface area contributed by atoms with Crippen LogP contribution in [0.15, 0.2) is 0 Å². The first-order chi connectivity index (χ1) is 13.2. The smallest absolute Gasteiger partial charge is 0.174 e. The molecule has 0 aliphatic carbocycles. The lowest BCUT2D eigenvalue weighted by Gasteiger charge is -2.48. The second-order valence-electron chi connectivity index (χ2n) is 12.4. The van der Waals surface area contributed by atoms with Gasteiger partial charge < -0.3 is 14.2 Å². The Labute approximate surface area is 181 Å². The Morgan fingerprint density at radius 3 is 1.83 bits per heavy atom. The van der Waals surface area contributed by atoms with Crippen LogP contribution in [0, 0.1) is 40.4 Å². The van der Waals surface area contributed by atoms with Crippen molar-refractivity contribution >= 4 is 0 Å². The molecular weight excluding hydrogens is 360 g/mol. The number of hydrogen-bond acceptors (Lipinski definition) is 3. The van der Waals surface area contributed by atoms with Gasteiger partial charge in [0.05, 0.1) is 12.2 Å². The highest BCUT2D eigenvalue weighted by Gasteiger charge is 2.57. The van der Waals surface area contributed by atoms with E-state index < -0.39 is 5.79 Å². The molecule has 172 valence electrons. The predicted molar refractivity (Wildman–Crippen MR) is 122 cm³/mol. The second-order valence-corrected chi connectivity index (χ2v) is 12.4. The van der Waals surface area contributed by atoms with Crippen LogP contribution in [0.1, 0.15) is 102 Å². The molecule has 2 saturated heterocycles. The van der Waals surface area contributed by atoms with Crippen LogP contribution in [0.3, 0.4) is 0 Å². The van der Waals surface area contributed by atoms with E-state index in [1.807, 2.05) is 0 Å². The Morgan fingerprint density at radius 2 is 1.41 bits per heavy atom. The Hall–Kier alpha value is -0.120. The quantitative estimate of drug-likeness (QED) is 0.476. The van der Waals surface area contributed by atoms with Gasteiger partial charge in [0, 0.05) is 11.8 Å². The Bertz CT molecular complexity index is 531. The standard InChI is InChI=1S/C26H50O3/c1-13-20-22(25(10,11)12)19(6)26(14-2,28-20)29-23-18(5)16(3)17(4)21(27-23)15-24(7,8)9/h16-23H,13-15H2,1-12H3. The fourth-order valence-corrected chi connectivity index (χ4v) is 5.96. The van der Waals surface area contributed by atoms with Crippen LogP contribution in [-0.2, 0) is 14.2 Å². The number of ether oxygens (including phenoxy) is 3. The number of hydrogen-bond donors (Lipinski definition) is 0. The summed E-state index contributed by atoms with van der Waals surface area (Å²) in [7, 11) is 0. The first-order valence-corrected chi connectivity index (χ1v) is 12.2. The Balaban J connectivity index is 2.28. The first kappa shape index (κ1) is 25.1. The SMILES string of the molecule is CCC1OC(CC)(OC2OC(CC(C)(C)C)C(C)C(C)C2C)C(C)C1C(C)(C)C. The van der Waals surface area contributed by atoms with Gasteiger partial charge in [-0.05, 0) is 47.8 Å². The maximum Gasteiger partial charge on any atom is 0.174 e. The Kier molecular flexibility index (Phi) is 7.62. The fraction of sp³-hybridized carbons (Fsp3) is 1.00. The molecule has 29 heavy (non-hydrogen) atoms. The van der Waals surface area contributed by atoms with Crippen LogP contribution in [0.4, 0.5) is 0 Å². The van der Waals surface area contributed by atoms with E-state index in [9.17, 15) is 0 Å². The van der Waals surface area contributed by atoms with Gasteiger partial charge in [0.2, 0.25) is 0 Å². The summed E-state index contributed by atoms with van der Waals surface area (Å²) < 4.78 is 20.3. The van der Waals surface area contributed by atoms with Crippen molar-refractivity contribution < 1.29 is 14.2 Å². The topological polar surface area (TPSA) is 27.7 Å². The third-order valence-corrected chi connectivity index (χ3v) is 7.99. The van der Waals surface area contributed by atoms with Crippen molar-refractivity contribution in [3.63, 3.8) is 0 Å². The van der Waals surface area contributed by atoms with Crippen LogP contribution in [-0.4, -0.2) is 24.3 Å². The van der Waals surface area contributed by atoms with Gasteiger partial charge in [0.25, 0.3) is 0 Å². The van der Waals surface area contributed by atoms with Crippen molar-refractivity contribution in [2.24, 2.45) is 40.4 Å². The molecule has 9 unspecified atom stereocenters.